The van der Waals surface area contributed by atoms with E-state index >= 15 is 0 Å². The van der Waals surface area contributed by atoms with Crippen molar-refractivity contribution >= 4 is 17.4 Å². The van der Waals surface area contributed by atoms with Gasteiger partial charge >= 0.3 is 0 Å². The smallest absolute Gasteiger partial charge is 0.222 e. The van der Waals surface area contributed by atoms with Crippen LogP contribution in [0.25, 0.3) is 16.9 Å². The molecule has 0 bridgehead atoms. The first-order chi connectivity index (χ1) is 14.2. The number of amides is 1. The van der Waals surface area contributed by atoms with Crippen LogP contribution < -0.4 is 11.1 Å². The van der Waals surface area contributed by atoms with E-state index in [0.29, 0.717) is 19.5 Å². The second-order valence-corrected chi connectivity index (χ2v) is 7.55. The van der Waals surface area contributed by atoms with Gasteiger partial charge in [0.1, 0.15) is 5.82 Å². The number of aromatic nitrogens is 3. The summed E-state index contributed by atoms with van der Waals surface area (Å²) >= 11 is 0. The molecule has 1 aromatic carbocycles. The van der Waals surface area contributed by atoms with Crippen molar-refractivity contribution in [1.29, 1.82) is 0 Å². The predicted molar refractivity (Wildman–Crippen MR) is 114 cm³/mol. The lowest BCUT2D eigenvalue weighted by Crippen LogP contribution is -2.39. The Bertz CT molecular complexity index is 981. The number of likely N-dealkylation sites (tertiary alicyclic amines) is 1. The normalized spacial score (nSPS) is 16.5. The van der Waals surface area contributed by atoms with Crippen LogP contribution in [0, 0.1) is 0 Å². The van der Waals surface area contributed by atoms with Gasteiger partial charge in [-0.3, -0.25) is 4.79 Å². The van der Waals surface area contributed by atoms with Gasteiger partial charge in [-0.15, -0.1) is 5.10 Å². The number of rotatable bonds is 7. The van der Waals surface area contributed by atoms with Crippen LogP contribution >= 0.6 is 0 Å². The lowest BCUT2D eigenvalue weighted by atomic mass is 10.1. The van der Waals surface area contributed by atoms with Gasteiger partial charge in [0.2, 0.25) is 5.91 Å². The van der Waals surface area contributed by atoms with Gasteiger partial charge in [0, 0.05) is 37.7 Å². The molecule has 3 aromatic rings. The Morgan fingerprint density at radius 2 is 2.07 bits per heavy atom. The molecular weight excluding hydrogens is 364 g/mol. The third kappa shape index (κ3) is 4.10. The number of anilines is 1. The molecule has 0 unspecified atom stereocenters. The van der Waals surface area contributed by atoms with Crippen LogP contribution in [0.3, 0.4) is 0 Å². The minimum absolute atomic E-state index is 0.234. The van der Waals surface area contributed by atoms with Gasteiger partial charge in [0.25, 0.3) is 0 Å². The first-order valence-electron chi connectivity index (χ1n) is 10.4. The second-order valence-electron chi connectivity index (χ2n) is 7.55. The van der Waals surface area contributed by atoms with Crippen molar-refractivity contribution in [3.05, 3.63) is 48.2 Å². The molecule has 1 saturated heterocycles. The molecule has 7 heteroatoms. The first-order valence-corrected chi connectivity index (χ1v) is 10.4. The third-order valence-electron chi connectivity index (χ3n) is 5.53. The number of carbonyl (C=O) groups excluding carboxylic acids is 1. The molecule has 152 valence electrons. The van der Waals surface area contributed by atoms with Crippen LogP contribution in [0.1, 0.15) is 38.2 Å². The van der Waals surface area contributed by atoms with Gasteiger partial charge in [-0.25, -0.2) is 9.50 Å². The lowest BCUT2D eigenvalue weighted by molar-refractivity contribution is -0.131. The number of imidazole rings is 1. The standard InChI is InChI=1S/C22H28N6O/c1-2-4-22(29)27-12-3-5-18(27)14-24-20-10-11-21-25-15-19(28(21)26-20)17-8-6-16(13-23)7-9-17/h6-11,15,18H,2-5,12-14,23H2,1H3,(H,24,26)/t18-/m0/s1. The third-order valence-corrected chi connectivity index (χ3v) is 5.53. The average molecular weight is 393 g/mol. The zero-order valence-electron chi connectivity index (χ0n) is 16.8. The molecule has 0 saturated carbocycles. The van der Waals surface area contributed by atoms with E-state index < -0.39 is 0 Å². The summed E-state index contributed by atoms with van der Waals surface area (Å²) < 4.78 is 1.86. The maximum atomic E-state index is 12.3. The highest BCUT2D eigenvalue weighted by Crippen LogP contribution is 2.22. The van der Waals surface area contributed by atoms with Gasteiger partial charge in [0.05, 0.1) is 11.9 Å². The van der Waals surface area contributed by atoms with E-state index in [0.717, 1.165) is 54.1 Å². The Labute approximate surface area is 170 Å². The fraction of sp³-hybridized carbons (Fsp3) is 0.409. The zero-order valence-corrected chi connectivity index (χ0v) is 16.8. The molecule has 1 aliphatic rings. The maximum Gasteiger partial charge on any atom is 0.222 e. The Morgan fingerprint density at radius 3 is 2.83 bits per heavy atom. The minimum Gasteiger partial charge on any atom is -0.367 e. The predicted octanol–water partition coefficient (Wildman–Crippen LogP) is 3.06. The lowest BCUT2D eigenvalue weighted by Gasteiger charge is -2.25. The van der Waals surface area contributed by atoms with Gasteiger partial charge in [-0.1, -0.05) is 31.2 Å². The van der Waals surface area contributed by atoms with E-state index in [2.05, 4.69) is 10.3 Å². The van der Waals surface area contributed by atoms with Gasteiger partial charge in [-0.05, 0) is 37.0 Å². The van der Waals surface area contributed by atoms with Gasteiger partial charge in [-0.2, -0.15) is 0 Å². The molecular formula is C22H28N6O. The van der Waals surface area contributed by atoms with Crippen LogP contribution in [0.15, 0.2) is 42.6 Å². The van der Waals surface area contributed by atoms with Crippen molar-refractivity contribution < 1.29 is 4.79 Å². The topological polar surface area (TPSA) is 88.5 Å². The molecule has 0 aliphatic carbocycles. The summed E-state index contributed by atoms with van der Waals surface area (Å²) in [6, 6.07) is 12.3. The van der Waals surface area contributed by atoms with Crippen molar-refractivity contribution in [3.63, 3.8) is 0 Å². The Hall–Kier alpha value is -2.93. The van der Waals surface area contributed by atoms with Crippen molar-refractivity contribution in [1.82, 2.24) is 19.5 Å². The number of carbonyl (C=O) groups is 1. The summed E-state index contributed by atoms with van der Waals surface area (Å²) in [7, 11) is 0. The highest BCUT2D eigenvalue weighted by molar-refractivity contribution is 5.76. The Morgan fingerprint density at radius 1 is 1.24 bits per heavy atom. The zero-order chi connectivity index (χ0) is 20.2. The molecule has 0 spiro atoms. The fourth-order valence-corrected chi connectivity index (χ4v) is 3.93. The molecule has 1 fully saturated rings. The van der Waals surface area contributed by atoms with E-state index in [4.69, 9.17) is 10.8 Å². The van der Waals surface area contributed by atoms with Crippen LogP contribution in [-0.4, -0.2) is 44.5 Å². The number of benzene rings is 1. The summed E-state index contributed by atoms with van der Waals surface area (Å²) in [6.45, 7) is 4.15. The number of nitrogens with one attached hydrogen (secondary N) is 1. The van der Waals surface area contributed by atoms with E-state index in [1.807, 2.05) is 58.9 Å². The summed E-state index contributed by atoms with van der Waals surface area (Å²) in [5.41, 5.74) is 9.58. The summed E-state index contributed by atoms with van der Waals surface area (Å²) in [4.78, 5) is 18.8. The molecule has 29 heavy (non-hydrogen) atoms. The minimum atomic E-state index is 0.234. The van der Waals surface area contributed by atoms with E-state index in [1.54, 1.807) is 0 Å². The second kappa shape index (κ2) is 8.61. The maximum absolute atomic E-state index is 12.3. The molecule has 7 nitrogen and oxygen atoms in total. The molecule has 3 N–H and O–H groups in total. The van der Waals surface area contributed by atoms with Crippen LogP contribution in [0.5, 0.6) is 0 Å². The Balaban J connectivity index is 1.50. The Kier molecular flexibility index (Phi) is 5.76. The SMILES string of the molecule is CCCC(=O)N1CCC[C@H]1CNc1ccc2ncc(-c3ccc(CN)cc3)n2n1. The summed E-state index contributed by atoms with van der Waals surface area (Å²) in [5.74, 6) is 1.04. The monoisotopic (exact) mass is 392 g/mol. The van der Waals surface area contributed by atoms with E-state index in [1.165, 1.54) is 0 Å². The largest absolute Gasteiger partial charge is 0.367 e. The highest BCUT2D eigenvalue weighted by Gasteiger charge is 2.27. The van der Waals surface area contributed by atoms with Crippen LogP contribution in [0.4, 0.5) is 5.82 Å². The first kappa shape index (κ1) is 19.4. The quantitative estimate of drug-likeness (QED) is 0.645. The van der Waals surface area contributed by atoms with Crippen molar-refractivity contribution in [3.8, 4) is 11.3 Å². The number of hydrogen-bond acceptors (Lipinski definition) is 5. The number of nitrogens with two attached hydrogens (primary N) is 1. The molecule has 0 radical (unpaired) electrons. The summed E-state index contributed by atoms with van der Waals surface area (Å²) in [6.07, 6.45) is 5.46. The summed E-state index contributed by atoms with van der Waals surface area (Å²) in [5, 5.41) is 8.16. The molecule has 1 amide bonds. The highest BCUT2D eigenvalue weighted by atomic mass is 16.2. The number of nitrogens with zero attached hydrogens (tertiary/aromatic N) is 4. The van der Waals surface area contributed by atoms with Gasteiger partial charge < -0.3 is 16.0 Å². The van der Waals surface area contributed by atoms with E-state index in [9.17, 15) is 4.79 Å². The van der Waals surface area contributed by atoms with Crippen LogP contribution in [0.2, 0.25) is 0 Å². The molecule has 3 heterocycles. The number of fused-ring (bicyclic) bond motifs is 1. The molecule has 2 aromatic heterocycles. The number of hydrogen-bond donors (Lipinski definition) is 2. The van der Waals surface area contributed by atoms with Crippen LogP contribution in [-0.2, 0) is 11.3 Å². The average Bonchev–Trinajstić information content (AvgIpc) is 3.39. The van der Waals surface area contributed by atoms with Crippen molar-refractivity contribution in [2.75, 3.05) is 18.4 Å². The van der Waals surface area contributed by atoms with Crippen molar-refractivity contribution in [2.24, 2.45) is 5.73 Å². The van der Waals surface area contributed by atoms with E-state index in [-0.39, 0.29) is 11.9 Å². The molecule has 1 aliphatic heterocycles. The van der Waals surface area contributed by atoms with Gasteiger partial charge in [0.15, 0.2) is 5.65 Å². The molecule has 4 rings (SSSR count). The molecule has 1 atom stereocenters. The fourth-order valence-electron chi connectivity index (χ4n) is 3.93. The van der Waals surface area contributed by atoms with Crippen molar-refractivity contribution in [2.45, 2.75) is 45.2 Å².